The highest BCUT2D eigenvalue weighted by molar-refractivity contribution is 5.70. The lowest BCUT2D eigenvalue weighted by molar-refractivity contribution is -0.870. The molecule has 0 spiro atoms. The van der Waals surface area contributed by atoms with Crippen molar-refractivity contribution in [2.45, 2.75) is 309 Å². The van der Waals surface area contributed by atoms with Crippen molar-refractivity contribution in [2.75, 3.05) is 47.5 Å². The van der Waals surface area contributed by atoms with E-state index in [4.69, 9.17) is 18.9 Å². The van der Waals surface area contributed by atoms with Gasteiger partial charge in [0.2, 0.25) is 0 Å². The fraction of sp³-hybridized carbons (Fsp3) is 0.743. The van der Waals surface area contributed by atoms with Crippen molar-refractivity contribution in [3.63, 3.8) is 0 Å². The second-order valence-corrected chi connectivity index (χ2v) is 24.1. The van der Waals surface area contributed by atoms with E-state index in [-0.39, 0.29) is 38.6 Å². The molecule has 0 N–H and O–H groups in total. The minimum Gasteiger partial charge on any atom is -0.545 e. The number of carboxylic acids is 1. The van der Waals surface area contributed by atoms with Gasteiger partial charge in [-0.1, -0.05) is 291 Å². The first-order chi connectivity index (χ1) is 40.6. The van der Waals surface area contributed by atoms with Gasteiger partial charge in [-0.3, -0.25) is 9.59 Å². The second-order valence-electron chi connectivity index (χ2n) is 24.1. The predicted molar refractivity (Wildman–Crippen MR) is 352 cm³/mol. The van der Waals surface area contributed by atoms with E-state index in [1.807, 2.05) is 21.1 Å². The molecule has 478 valence electrons. The van der Waals surface area contributed by atoms with Crippen LogP contribution in [0.3, 0.4) is 0 Å². The molecule has 0 aliphatic carbocycles. The second kappa shape index (κ2) is 64.2. The first-order valence-electron chi connectivity index (χ1n) is 34.4. The molecule has 2 atom stereocenters. The maximum absolute atomic E-state index is 12.9. The molecular weight excluding hydrogens is 1030 g/mol. The van der Waals surface area contributed by atoms with Gasteiger partial charge in [0.05, 0.1) is 40.3 Å². The zero-order valence-electron chi connectivity index (χ0n) is 54.5. The fourth-order valence-corrected chi connectivity index (χ4v) is 9.64. The SMILES string of the molecule is CC/C=C\C/C=C\C/C=C\C/C=C\C/C=C\CCCCCCCCCCCCCCCCCCCCCCCCCCCC(=O)OC(COC(=O)CCCCCCCCC/C=C\C/C=C\C/C=C\CC)COC(OCC[N+](C)(C)C)C(=O)[O-]. The van der Waals surface area contributed by atoms with Gasteiger partial charge < -0.3 is 33.3 Å². The fourth-order valence-electron chi connectivity index (χ4n) is 9.64. The summed E-state index contributed by atoms with van der Waals surface area (Å²) in [4.78, 5) is 37.4. The van der Waals surface area contributed by atoms with E-state index in [1.54, 1.807) is 0 Å². The number of carbonyl (C=O) groups is 3. The lowest BCUT2D eigenvalue weighted by atomic mass is 10.0. The lowest BCUT2D eigenvalue weighted by Gasteiger charge is -2.26. The first kappa shape index (κ1) is 79.2. The molecule has 0 bridgehead atoms. The van der Waals surface area contributed by atoms with Gasteiger partial charge in [-0.2, -0.15) is 0 Å². The molecule has 0 fully saturated rings. The molecule has 0 aromatic heterocycles. The van der Waals surface area contributed by atoms with Crippen molar-refractivity contribution in [2.24, 2.45) is 0 Å². The summed E-state index contributed by atoms with van der Waals surface area (Å²) < 4.78 is 22.7. The lowest BCUT2D eigenvalue weighted by Crippen LogP contribution is -2.44. The number of hydrogen-bond acceptors (Lipinski definition) is 8. The Morgan fingerprint density at radius 1 is 0.361 bits per heavy atom. The molecule has 2 unspecified atom stereocenters. The Morgan fingerprint density at radius 2 is 0.651 bits per heavy atom. The molecule has 0 aromatic rings. The van der Waals surface area contributed by atoms with Crippen molar-refractivity contribution < 1.29 is 42.9 Å². The quantitative estimate of drug-likeness (QED) is 0.0195. The minimum absolute atomic E-state index is 0.145. The smallest absolute Gasteiger partial charge is 0.306 e. The summed E-state index contributed by atoms with van der Waals surface area (Å²) in [5, 5.41) is 11.8. The Kier molecular flexibility index (Phi) is 61.3. The van der Waals surface area contributed by atoms with E-state index in [1.165, 1.54) is 167 Å². The minimum atomic E-state index is -1.63. The number of ether oxygens (including phenoxy) is 4. The Morgan fingerprint density at radius 3 is 0.964 bits per heavy atom. The van der Waals surface area contributed by atoms with E-state index < -0.39 is 24.3 Å². The number of aliphatic carboxylic acids is 1. The average molecular weight is 1160 g/mol. The van der Waals surface area contributed by atoms with Crippen molar-refractivity contribution in [3.05, 3.63) is 97.2 Å². The van der Waals surface area contributed by atoms with Crippen LogP contribution >= 0.6 is 0 Å². The normalized spacial score (nSPS) is 13.3. The molecular formula is C74H129NO8. The van der Waals surface area contributed by atoms with E-state index in [2.05, 4.69) is 111 Å². The number of hydrogen-bond donors (Lipinski definition) is 0. The van der Waals surface area contributed by atoms with Gasteiger partial charge >= 0.3 is 11.9 Å². The van der Waals surface area contributed by atoms with E-state index in [9.17, 15) is 19.5 Å². The molecule has 0 aromatic carbocycles. The third-order valence-electron chi connectivity index (χ3n) is 14.8. The molecule has 0 saturated carbocycles. The van der Waals surface area contributed by atoms with Crippen LogP contribution in [0.2, 0.25) is 0 Å². The van der Waals surface area contributed by atoms with E-state index >= 15 is 0 Å². The van der Waals surface area contributed by atoms with Crippen molar-refractivity contribution in [1.82, 2.24) is 0 Å². The van der Waals surface area contributed by atoms with Crippen LogP contribution in [-0.2, 0) is 33.3 Å². The number of carboxylic acid groups (broad SMARTS) is 1. The Bertz CT molecular complexity index is 1680. The number of quaternary nitrogens is 1. The van der Waals surface area contributed by atoms with Crippen LogP contribution < -0.4 is 5.11 Å². The van der Waals surface area contributed by atoms with Crippen molar-refractivity contribution in [3.8, 4) is 0 Å². The number of esters is 2. The standard InChI is InChI=1S/C74H129NO8/c1-6-8-10-12-14-16-18-20-22-24-25-26-27-28-29-30-31-32-33-34-35-36-37-38-39-40-41-42-43-44-45-46-47-49-51-53-55-57-59-61-63-65-72(77)83-70(69-82-74(73(78)79)80-67-66-75(3,4)5)68-81-71(76)64-62-60-58-56-54-52-50-48-23-21-19-17-15-13-11-9-7-2/h8-11,14-17,20-23,25-26,28-29,70,74H,6-7,12-13,18-19,24,27,30-69H2,1-5H3/b10-8-,11-9-,16-14-,17-15-,22-20-,23-21-,26-25-,29-28-. The third-order valence-corrected chi connectivity index (χ3v) is 14.8. The molecule has 9 nitrogen and oxygen atoms in total. The van der Waals surface area contributed by atoms with Crippen LogP contribution in [0.1, 0.15) is 296 Å². The molecule has 9 heteroatoms. The summed E-state index contributed by atoms with van der Waals surface area (Å²) in [6.45, 7) is 4.53. The zero-order valence-corrected chi connectivity index (χ0v) is 54.5. The van der Waals surface area contributed by atoms with Crippen LogP contribution in [0.15, 0.2) is 97.2 Å². The van der Waals surface area contributed by atoms with Crippen LogP contribution in [0.25, 0.3) is 0 Å². The van der Waals surface area contributed by atoms with Gasteiger partial charge in [0.1, 0.15) is 13.2 Å². The van der Waals surface area contributed by atoms with Crippen LogP contribution in [0, 0.1) is 0 Å². The highest BCUT2D eigenvalue weighted by Gasteiger charge is 2.22. The van der Waals surface area contributed by atoms with Crippen LogP contribution in [0.5, 0.6) is 0 Å². The van der Waals surface area contributed by atoms with Gasteiger partial charge in [0.15, 0.2) is 12.4 Å². The molecule has 0 rings (SSSR count). The number of likely N-dealkylation sites (N-methyl/N-ethyl adjacent to an activating group) is 1. The largest absolute Gasteiger partial charge is 0.545 e. The number of carbonyl (C=O) groups excluding carboxylic acids is 3. The van der Waals surface area contributed by atoms with Crippen molar-refractivity contribution >= 4 is 17.9 Å². The Labute approximate surface area is 512 Å². The monoisotopic (exact) mass is 1160 g/mol. The molecule has 0 aliphatic rings. The van der Waals surface area contributed by atoms with E-state index in [0.717, 1.165) is 96.3 Å². The highest BCUT2D eigenvalue weighted by atomic mass is 16.7. The Balaban J connectivity index is 3.97. The van der Waals surface area contributed by atoms with Crippen molar-refractivity contribution in [1.29, 1.82) is 0 Å². The maximum Gasteiger partial charge on any atom is 0.306 e. The molecule has 0 heterocycles. The maximum atomic E-state index is 12.9. The predicted octanol–water partition coefficient (Wildman–Crippen LogP) is 19.9. The highest BCUT2D eigenvalue weighted by Crippen LogP contribution is 2.18. The summed E-state index contributed by atoms with van der Waals surface area (Å²) in [5.74, 6) is -2.29. The average Bonchev–Trinajstić information content (AvgIpc) is 3.46. The molecule has 0 amide bonds. The summed E-state index contributed by atoms with van der Waals surface area (Å²) in [6.07, 6.45) is 85.1. The molecule has 0 aliphatic heterocycles. The molecule has 0 radical (unpaired) electrons. The summed E-state index contributed by atoms with van der Waals surface area (Å²) in [6, 6.07) is 0. The molecule has 0 saturated heterocycles. The third kappa shape index (κ3) is 65.6. The molecule has 83 heavy (non-hydrogen) atoms. The summed E-state index contributed by atoms with van der Waals surface area (Å²) >= 11 is 0. The van der Waals surface area contributed by atoms with Crippen LogP contribution in [-0.4, -0.2) is 82.3 Å². The van der Waals surface area contributed by atoms with Gasteiger partial charge in [-0.15, -0.1) is 0 Å². The Hall–Kier alpha value is -3.79. The van der Waals surface area contributed by atoms with Gasteiger partial charge in [0, 0.05) is 12.8 Å². The number of unbranched alkanes of at least 4 members (excludes halogenated alkanes) is 32. The van der Waals surface area contributed by atoms with Gasteiger partial charge in [-0.05, 0) is 89.9 Å². The first-order valence-corrected chi connectivity index (χ1v) is 34.4. The van der Waals surface area contributed by atoms with Crippen LogP contribution in [0.4, 0.5) is 0 Å². The number of rotatable bonds is 63. The van der Waals surface area contributed by atoms with Gasteiger partial charge in [-0.25, -0.2) is 0 Å². The summed E-state index contributed by atoms with van der Waals surface area (Å²) in [5.41, 5.74) is 0. The van der Waals surface area contributed by atoms with E-state index in [0.29, 0.717) is 17.4 Å². The number of nitrogens with zero attached hydrogens (tertiary/aromatic N) is 1. The summed E-state index contributed by atoms with van der Waals surface area (Å²) in [7, 11) is 5.93. The topological polar surface area (TPSA) is 111 Å². The zero-order chi connectivity index (χ0) is 60.5. The van der Waals surface area contributed by atoms with Gasteiger partial charge in [0.25, 0.3) is 0 Å². The number of allylic oxidation sites excluding steroid dienone is 16.